The quantitative estimate of drug-likeness (QED) is 0.861. The summed E-state index contributed by atoms with van der Waals surface area (Å²) in [4.78, 5) is 12.1. The van der Waals surface area contributed by atoms with E-state index in [1.165, 1.54) is 11.1 Å². The highest BCUT2D eigenvalue weighted by atomic mass is 16.2. The SMILES string of the molecule is O=C(NCCC(c1ccccc1)c1ccccc1)[C@H]1CCCN1. The summed E-state index contributed by atoms with van der Waals surface area (Å²) in [5.74, 6) is 0.455. The van der Waals surface area contributed by atoms with Crippen LogP contribution in [0.15, 0.2) is 60.7 Å². The number of carbonyl (C=O) groups is 1. The lowest BCUT2D eigenvalue weighted by molar-refractivity contribution is -0.122. The Morgan fingerprint density at radius 3 is 2.17 bits per heavy atom. The number of amides is 1. The third-order valence-electron chi connectivity index (χ3n) is 4.51. The van der Waals surface area contributed by atoms with Gasteiger partial charge in [-0.3, -0.25) is 4.79 Å². The molecular weight excluding hydrogens is 284 g/mol. The van der Waals surface area contributed by atoms with Gasteiger partial charge in [0.15, 0.2) is 0 Å². The van der Waals surface area contributed by atoms with Crippen molar-refractivity contribution in [3.8, 4) is 0 Å². The molecule has 0 unspecified atom stereocenters. The number of hydrogen-bond donors (Lipinski definition) is 2. The van der Waals surface area contributed by atoms with Crippen molar-refractivity contribution >= 4 is 5.91 Å². The van der Waals surface area contributed by atoms with Crippen LogP contribution in [0.4, 0.5) is 0 Å². The van der Waals surface area contributed by atoms with Gasteiger partial charge in [0.1, 0.15) is 0 Å². The van der Waals surface area contributed by atoms with Crippen molar-refractivity contribution < 1.29 is 4.79 Å². The summed E-state index contributed by atoms with van der Waals surface area (Å²) in [6.45, 7) is 1.65. The van der Waals surface area contributed by atoms with Crippen LogP contribution in [0.3, 0.4) is 0 Å². The van der Waals surface area contributed by atoms with Crippen LogP contribution in [0.2, 0.25) is 0 Å². The molecule has 1 heterocycles. The van der Waals surface area contributed by atoms with E-state index >= 15 is 0 Å². The van der Waals surface area contributed by atoms with Crippen molar-refractivity contribution in [2.24, 2.45) is 0 Å². The van der Waals surface area contributed by atoms with E-state index in [1.807, 2.05) is 12.1 Å². The maximum absolute atomic E-state index is 12.1. The van der Waals surface area contributed by atoms with E-state index in [1.54, 1.807) is 0 Å². The molecule has 120 valence electrons. The Kier molecular flexibility index (Phi) is 5.43. The zero-order valence-corrected chi connectivity index (χ0v) is 13.4. The van der Waals surface area contributed by atoms with Gasteiger partial charge < -0.3 is 10.6 Å². The summed E-state index contributed by atoms with van der Waals surface area (Å²) < 4.78 is 0. The van der Waals surface area contributed by atoms with E-state index in [4.69, 9.17) is 0 Å². The predicted molar refractivity (Wildman–Crippen MR) is 93.4 cm³/mol. The Hall–Kier alpha value is -2.13. The lowest BCUT2D eigenvalue weighted by Gasteiger charge is -2.19. The lowest BCUT2D eigenvalue weighted by Crippen LogP contribution is -2.41. The Labute approximate surface area is 138 Å². The molecule has 3 nitrogen and oxygen atoms in total. The third kappa shape index (κ3) is 4.20. The monoisotopic (exact) mass is 308 g/mol. The number of carbonyl (C=O) groups excluding carboxylic acids is 1. The van der Waals surface area contributed by atoms with Crippen LogP contribution in [0.1, 0.15) is 36.3 Å². The zero-order chi connectivity index (χ0) is 15.9. The average Bonchev–Trinajstić information content (AvgIpc) is 3.15. The molecule has 23 heavy (non-hydrogen) atoms. The highest BCUT2D eigenvalue weighted by Crippen LogP contribution is 2.27. The molecule has 0 aliphatic carbocycles. The fraction of sp³-hybridized carbons (Fsp3) is 0.350. The molecule has 1 atom stereocenters. The van der Waals surface area contributed by atoms with Gasteiger partial charge in [0.05, 0.1) is 6.04 Å². The minimum Gasteiger partial charge on any atom is -0.355 e. The van der Waals surface area contributed by atoms with Crippen LogP contribution in [0, 0.1) is 0 Å². The predicted octanol–water partition coefficient (Wildman–Crippen LogP) is 3.08. The molecular formula is C20H24N2O. The Bertz CT molecular complexity index is 567. The maximum Gasteiger partial charge on any atom is 0.237 e. The summed E-state index contributed by atoms with van der Waals surface area (Å²) in [6, 6.07) is 21.0. The summed E-state index contributed by atoms with van der Waals surface area (Å²) >= 11 is 0. The van der Waals surface area contributed by atoms with Gasteiger partial charge in [0.25, 0.3) is 0 Å². The second-order valence-corrected chi connectivity index (χ2v) is 6.10. The molecule has 1 aliphatic heterocycles. The number of nitrogens with one attached hydrogen (secondary N) is 2. The summed E-state index contributed by atoms with van der Waals surface area (Å²) in [5.41, 5.74) is 2.60. The second kappa shape index (κ2) is 7.93. The molecule has 0 radical (unpaired) electrons. The van der Waals surface area contributed by atoms with Crippen molar-refractivity contribution in [2.45, 2.75) is 31.2 Å². The van der Waals surface area contributed by atoms with Gasteiger partial charge in [-0.25, -0.2) is 0 Å². The van der Waals surface area contributed by atoms with Crippen molar-refractivity contribution in [1.82, 2.24) is 10.6 Å². The zero-order valence-electron chi connectivity index (χ0n) is 13.4. The van der Waals surface area contributed by atoms with Crippen LogP contribution in [0.5, 0.6) is 0 Å². The van der Waals surface area contributed by atoms with E-state index in [-0.39, 0.29) is 11.9 Å². The fourth-order valence-electron chi connectivity index (χ4n) is 3.27. The topological polar surface area (TPSA) is 41.1 Å². The molecule has 0 bridgehead atoms. The van der Waals surface area contributed by atoms with Crippen LogP contribution < -0.4 is 10.6 Å². The van der Waals surface area contributed by atoms with Gasteiger partial charge in [-0.15, -0.1) is 0 Å². The molecule has 2 N–H and O–H groups in total. The first-order valence-electron chi connectivity index (χ1n) is 8.45. The van der Waals surface area contributed by atoms with Crippen molar-refractivity contribution in [3.63, 3.8) is 0 Å². The molecule has 3 heteroatoms. The number of benzene rings is 2. The van der Waals surface area contributed by atoms with Gasteiger partial charge in [0.2, 0.25) is 5.91 Å². The average molecular weight is 308 g/mol. The second-order valence-electron chi connectivity index (χ2n) is 6.10. The van der Waals surface area contributed by atoms with E-state index in [0.717, 1.165) is 25.8 Å². The Morgan fingerprint density at radius 1 is 1.04 bits per heavy atom. The molecule has 2 aromatic carbocycles. The van der Waals surface area contributed by atoms with E-state index in [9.17, 15) is 4.79 Å². The minimum absolute atomic E-state index is 0.00176. The molecule has 0 aromatic heterocycles. The molecule has 1 fully saturated rings. The van der Waals surface area contributed by atoms with Crippen LogP contribution in [-0.2, 0) is 4.79 Å². The van der Waals surface area contributed by atoms with Gasteiger partial charge in [-0.05, 0) is 36.9 Å². The molecule has 1 aliphatic rings. The lowest BCUT2D eigenvalue weighted by atomic mass is 9.88. The first-order chi connectivity index (χ1) is 11.3. The minimum atomic E-state index is 0.00176. The van der Waals surface area contributed by atoms with Crippen molar-refractivity contribution in [3.05, 3.63) is 71.8 Å². The summed E-state index contributed by atoms with van der Waals surface area (Å²) in [7, 11) is 0. The molecule has 1 saturated heterocycles. The largest absolute Gasteiger partial charge is 0.355 e. The first kappa shape index (κ1) is 15.8. The Morgan fingerprint density at radius 2 is 1.65 bits per heavy atom. The number of rotatable bonds is 6. The maximum atomic E-state index is 12.1. The molecule has 1 amide bonds. The smallest absolute Gasteiger partial charge is 0.237 e. The van der Waals surface area contributed by atoms with Crippen LogP contribution in [0.25, 0.3) is 0 Å². The fourth-order valence-corrected chi connectivity index (χ4v) is 3.27. The highest BCUT2D eigenvalue weighted by molar-refractivity contribution is 5.81. The normalized spacial score (nSPS) is 17.3. The van der Waals surface area contributed by atoms with E-state index in [0.29, 0.717) is 12.5 Å². The molecule has 0 spiro atoms. The number of hydrogen-bond acceptors (Lipinski definition) is 2. The summed E-state index contributed by atoms with van der Waals surface area (Å²) in [5, 5.41) is 6.34. The Balaban J connectivity index is 1.64. The van der Waals surface area contributed by atoms with Crippen molar-refractivity contribution in [1.29, 1.82) is 0 Å². The van der Waals surface area contributed by atoms with E-state index in [2.05, 4.69) is 59.2 Å². The van der Waals surface area contributed by atoms with Gasteiger partial charge in [-0.1, -0.05) is 60.7 Å². The third-order valence-corrected chi connectivity index (χ3v) is 4.51. The van der Waals surface area contributed by atoms with Gasteiger partial charge in [-0.2, -0.15) is 0 Å². The van der Waals surface area contributed by atoms with E-state index < -0.39 is 0 Å². The standard InChI is InChI=1S/C20H24N2O/c23-20(19-12-7-14-21-19)22-15-13-18(16-8-3-1-4-9-16)17-10-5-2-6-11-17/h1-6,8-11,18-19,21H,7,12-15H2,(H,22,23)/t19-/m1/s1. The van der Waals surface area contributed by atoms with Crippen molar-refractivity contribution in [2.75, 3.05) is 13.1 Å². The molecule has 2 aromatic rings. The molecule has 0 saturated carbocycles. The van der Waals surface area contributed by atoms with Gasteiger partial charge >= 0.3 is 0 Å². The first-order valence-corrected chi connectivity index (χ1v) is 8.45. The van der Waals surface area contributed by atoms with Gasteiger partial charge in [0, 0.05) is 12.5 Å². The highest BCUT2D eigenvalue weighted by Gasteiger charge is 2.22. The molecule has 3 rings (SSSR count). The summed E-state index contributed by atoms with van der Waals surface area (Å²) in [6.07, 6.45) is 2.95. The van der Waals surface area contributed by atoms with Crippen LogP contribution >= 0.6 is 0 Å². The van der Waals surface area contributed by atoms with Crippen LogP contribution in [-0.4, -0.2) is 25.0 Å².